The molecule has 0 saturated carbocycles. The van der Waals surface area contributed by atoms with Gasteiger partial charge in [-0.25, -0.2) is 14.6 Å². The van der Waals surface area contributed by atoms with Gasteiger partial charge >= 0.3 is 5.97 Å². The van der Waals surface area contributed by atoms with Gasteiger partial charge < -0.3 is 10.4 Å². The summed E-state index contributed by atoms with van der Waals surface area (Å²) in [6, 6.07) is 14.9. The predicted octanol–water partition coefficient (Wildman–Crippen LogP) is 4.34. The van der Waals surface area contributed by atoms with Crippen LogP contribution in [0.5, 0.6) is 0 Å². The molecule has 0 unspecified atom stereocenters. The number of rotatable bonds is 7. The number of hydrogen-bond acceptors (Lipinski definition) is 7. The third kappa shape index (κ3) is 5.87. The topological polar surface area (TPSA) is 119 Å². The van der Waals surface area contributed by atoms with Crippen LogP contribution in [0.25, 0.3) is 22.6 Å². The van der Waals surface area contributed by atoms with Gasteiger partial charge in [0.05, 0.1) is 29.8 Å². The summed E-state index contributed by atoms with van der Waals surface area (Å²) in [7, 11) is 0. The van der Waals surface area contributed by atoms with Gasteiger partial charge in [0.25, 0.3) is 0 Å². The summed E-state index contributed by atoms with van der Waals surface area (Å²) in [4.78, 5) is 25.2. The second kappa shape index (κ2) is 9.61. The zero-order chi connectivity index (χ0) is 25.2. The summed E-state index contributed by atoms with van der Waals surface area (Å²) in [6.07, 6.45) is 1.80. The number of nitrogens with zero attached hydrogens (tertiary/aromatic N) is 6. The fourth-order valence-corrected chi connectivity index (χ4v) is 3.50. The average molecular weight is 472 g/mol. The Morgan fingerprint density at radius 2 is 1.77 bits per heavy atom. The minimum atomic E-state index is -0.993. The number of carboxylic acid groups (broad SMARTS) is 1. The van der Waals surface area contributed by atoms with Crippen molar-refractivity contribution in [3.63, 3.8) is 0 Å². The molecule has 0 fully saturated rings. The number of nitrogens with one attached hydrogen (secondary N) is 1. The average Bonchev–Trinajstić information content (AvgIpc) is 3.27. The SMILES string of the molecule is Cc1cccc(-c2cc(-c3cn(Cc4cccc(C(C)(C)C)n4)nn3)nc(N[C@@H](C)C(=O)O)n2)c1. The maximum atomic E-state index is 11.4. The van der Waals surface area contributed by atoms with Gasteiger partial charge in [-0.05, 0) is 38.1 Å². The molecule has 35 heavy (non-hydrogen) atoms. The molecular formula is C26H29N7O2. The monoisotopic (exact) mass is 471 g/mol. The van der Waals surface area contributed by atoms with Gasteiger partial charge in [-0.15, -0.1) is 5.10 Å². The van der Waals surface area contributed by atoms with Crippen LogP contribution >= 0.6 is 0 Å². The molecule has 0 radical (unpaired) electrons. The lowest BCUT2D eigenvalue weighted by Gasteiger charge is -2.18. The van der Waals surface area contributed by atoms with Crippen LogP contribution in [0.2, 0.25) is 0 Å². The highest BCUT2D eigenvalue weighted by molar-refractivity contribution is 5.76. The van der Waals surface area contributed by atoms with E-state index in [1.54, 1.807) is 17.8 Å². The van der Waals surface area contributed by atoms with Crippen molar-refractivity contribution >= 4 is 11.9 Å². The first-order chi connectivity index (χ1) is 16.6. The Morgan fingerprint density at radius 1 is 1.03 bits per heavy atom. The highest BCUT2D eigenvalue weighted by atomic mass is 16.4. The van der Waals surface area contributed by atoms with Crippen molar-refractivity contribution in [2.45, 2.75) is 52.6 Å². The zero-order valence-electron chi connectivity index (χ0n) is 20.5. The van der Waals surface area contributed by atoms with Crippen molar-refractivity contribution in [2.24, 2.45) is 0 Å². The molecule has 3 heterocycles. The molecule has 2 N–H and O–H groups in total. The smallest absolute Gasteiger partial charge is 0.325 e. The van der Waals surface area contributed by atoms with E-state index in [2.05, 4.69) is 46.4 Å². The first-order valence-corrected chi connectivity index (χ1v) is 11.4. The number of aliphatic carboxylic acids is 1. The van der Waals surface area contributed by atoms with E-state index in [9.17, 15) is 9.90 Å². The van der Waals surface area contributed by atoms with E-state index in [4.69, 9.17) is 4.98 Å². The number of aryl methyl sites for hydroxylation is 1. The van der Waals surface area contributed by atoms with Crippen molar-refractivity contribution in [1.82, 2.24) is 29.9 Å². The molecule has 9 nitrogen and oxygen atoms in total. The Kier molecular flexibility index (Phi) is 6.59. The number of carboxylic acids is 1. The molecule has 0 bridgehead atoms. The zero-order valence-corrected chi connectivity index (χ0v) is 20.5. The third-order valence-electron chi connectivity index (χ3n) is 5.46. The molecule has 0 spiro atoms. The molecule has 0 saturated heterocycles. The lowest BCUT2D eigenvalue weighted by Crippen LogP contribution is -2.26. The Bertz CT molecular complexity index is 1360. The van der Waals surface area contributed by atoms with Crippen LogP contribution in [0.1, 0.15) is 44.6 Å². The highest BCUT2D eigenvalue weighted by Crippen LogP contribution is 2.25. The molecule has 3 aromatic heterocycles. The minimum absolute atomic E-state index is 0.0484. The fraction of sp³-hybridized carbons (Fsp3) is 0.308. The highest BCUT2D eigenvalue weighted by Gasteiger charge is 2.18. The third-order valence-corrected chi connectivity index (χ3v) is 5.46. The van der Waals surface area contributed by atoms with E-state index in [1.165, 1.54) is 0 Å². The van der Waals surface area contributed by atoms with Crippen molar-refractivity contribution in [1.29, 1.82) is 0 Å². The molecule has 4 aromatic rings. The number of anilines is 1. The van der Waals surface area contributed by atoms with Gasteiger partial charge in [0, 0.05) is 16.7 Å². The van der Waals surface area contributed by atoms with E-state index in [-0.39, 0.29) is 11.4 Å². The standard InChI is InChI=1S/C26H29N7O2/c1-16-8-6-9-18(12-16)20-13-21(30-25(29-20)27-17(2)24(34)35)22-15-33(32-31-22)14-19-10-7-11-23(28-19)26(3,4)5/h6-13,15,17H,14H2,1-5H3,(H,34,35)(H,27,29,30)/t17-/m0/s1. The number of aromatic nitrogens is 6. The minimum Gasteiger partial charge on any atom is -0.480 e. The quantitative estimate of drug-likeness (QED) is 0.409. The molecule has 180 valence electrons. The van der Waals surface area contributed by atoms with Crippen LogP contribution in [0.15, 0.2) is 54.7 Å². The summed E-state index contributed by atoms with van der Waals surface area (Å²) in [5.41, 5.74) is 5.59. The molecule has 4 rings (SSSR count). The van der Waals surface area contributed by atoms with Crippen LogP contribution in [-0.2, 0) is 16.8 Å². The summed E-state index contributed by atoms with van der Waals surface area (Å²) >= 11 is 0. The molecule has 0 aliphatic carbocycles. The van der Waals surface area contributed by atoms with Gasteiger partial charge in [-0.2, -0.15) is 0 Å². The Morgan fingerprint density at radius 3 is 2.49 bits per heavy atom. The molecular weight excluding hydrogens is 442 g/mol. The summed E-state index contributed by atoms with van der Waals surface area (Å²) < 4.78 is 1.71. The van der Waals surface area contributed by atoms with E-state index >= 15 is 0 Å². The molecule has 1 atom stereocenters. The van der Waals surface area contributed by atoms with Crippen molar-refractivity contribution in [3.8, 4) is 22.6 Å². The Labute approximate surface area is 204 Å². The summed E-state index contributed by atoms with van der Waals surface area (Å²) in [6.45, 7) is 10.4. The van der Waals surface area contributed by atoms with E-state index in [0.29, 0.717) is 23.6 Å². The van der Waals surface area contributed by atoms with Crippen molar-refractivity contribution in [2.75, 3.05) is 5.32 Å². The van der Waals surface area contributed by atoms with Crippen LogP contribution in [0.3, 0.4) is 0 Å². The van der Waals surface area contributed by atoms with Gasteiger partial charge in [0.2, 0.25) is 5.95 Å². The second-order valence-electron chi connectivity index (χ2n) is 9.60. The number of hydrogen-bond donors (Lipinski definition) is 2. The Hall–Kier alpha value is -4.14. The lowest BCUT2D eigenvalue weighted by molar-refractivity contribution is -0.137. The first-order valence-electron chi connectivity index (χ1n) is 11.4. The van der Waals surface area contributed by atoms with Crippen molar-refractivity contribution in [3.05, 3.63) is 71.7 Å². The number of benzene rings is 1. The van der Waals surface area contributed by atoms with Crippen molar-refractivity contribution < 1.29 is 9.90 Å². The summed E-state index contributed by atoms with van der Waals surface area (Å²) in [5.74, 6) is -0.782. The molecule has 1 aromatic carbocycles. The Balaban J connectivity index is 1.67. The van der Waals surface area contributed by atoms with Gasteiger partial charge in [-0.3, -0.25) is 9.78 Å². The number of pyridine rings is 1. The second-order valence-corrected chi connectivity index (χ2v) is 9.60. The van der Waals surface area contributed by atoms with Crippen LogP contribution < -0.4 is 5.32 Å². The molecule has 0 aliphatic rings. The van der Waals surface area contributed by atoms with E-state index in [1.807, 2.05) is 55.5 Å². The fourth-order valence-electron chi connectivity index (χ4n) is 3.50. The van der Waals surface area contributed by atoms with Gasteiger partial charge in [0.1, 0.15) is 11.7 Å². The maximum Gasteiger partial charge on any atom is 0.325 e. The summed E-state index contributed by atoms with van der Waals surface area (Å²) in [5, 5.41) is 20.8. The first kappa shape index (κ1) is 24.0. The van der Waals surface area contributed by atoms with Gasteiger partial charge in [-0.1, -0.05) is 55.8 Å². The maximum absolute atomic E-state index is 11.4. The van der Waals surface area contributed by atoms with Crippen LogP contribution in [0.4, 0.5) is 5.95 Å². The largest absolute Gasteiger partial charge is 0.480 e. The molecule has 9 heteroatoms. The lowest BCUT2D eigenvalue weighted by atomic mass is 9.91. The van der Waals surface area contributed by atoms with E-state index in [0.717, 1.165) is 22.5 Å². The normalized spacial score (nSPS) is 12.4. The van der Waals surface area contributed by atoms with Gasteiger partial charge in [0.15, 0.2) is 0 Å². The van der Waals surface area contributed by atoms with Crippen LogP contribution in [0, 0.1) is 6.92 Å². The van der Waals surface area contributed by atoms with Crippen LogP contribution in [-0.4, -0.2) is 47.1 Å². The predicted molar refractivity (Wildman–Crippen MR) is 134 cm³/mol. The van der Waals surface area contributed by atoms with E-state index < -0.39 is 12.0 Å². The molecule has 0 aliphatic heterocycles. The number of carbonyl (C=O) groups is 1. The molecule has 0 amide bonds.